The second-order valence-electron chi connectivity index (χ2n) is 7.48. The maximum Gasteiger partial charge on any atom is 0.269 e. The lowest BCUT2D eigenvalue weighted by Crippen LogP contribution is -2.34. The average Bonchev–Trinajstić information content (AvgIpc) is 3.06. The monoisotopic (exact) mass is 420 g/mol. The molecule has 0 radical (unpaired) electrons. The number of methoxy groups -OCH3 is 1. The number of hydrogen-bond donors (Lipinski definition) is 2. The number of benzene rings is 1. The summed E-state index contributed by atoms with van der Waals surface area (Å²) in [5, 5.41) is 10.0. The molecule has 0 bridgehead atoms. The van der Waals surface area contributed by atoms with E-state index in [0.29, 0.717) is 17.0 Å². The predicted molar refractivity (Wildman–Crippen MR) is 110 cm³/mol. The minimum absolute atomic E-state index is 0.0509. The molecule has 1 aliphatic rings. The quantitative estimate of drug-likeness (QED) is 0.699. The third-order valence-corrected chi connectivity index (χ3v) is 7.07. The number of ether oxygens (including phenoxy) is 1. The Bertz CT molecular complexity index is 961. The highest BCUT2D eigenvalue weighted by Crippen LogP contribution is 2.30. The highest BCUT2D eigenvalue weighted by atomic mass is 32.2. The van der Waals surface area contributed by atoms with E-state index in [9.17, 15) is 13.2 Å². The molecule has 1 heterocycles. The number of nitrogens with one attached hydrogen (secondary N) is 2. The van der Waals surface area contributed by atoms with Crippen LogP contribution in [0.3, 0.4) is 0 Å². The van der Waals surface area contributed by atoms with E-state index in [1.54, 1.807) is 18.2 Å². The number of hydrogen-bond acceptors (Lipinski definition) is 5. The van der Waals surface area contributed by atoms with Gasteiger partial charge in [0.25, 0.3) is 5.91 Å². The fraction of sp³-hybridized carbons (Fsp3) is 0.500. The Morgan fingerprint density at radius 3 is 2.48 bits per heavy atom. The van der Waals surface area contributed by atoms with Crippen molar-refractivity contribution in [1.82, 2.24) is 19.8 Å². The van der Waals surface area contributed by atoms with Crippen LogP contribution in [-0.4, -0.2) is 56.1 Å². The molecule has 1 aliphatic carbocycles. The maximum atomic E-state index is 12.6. The number of carbonyl (C=O) groups excluding carboxylic acids is 1. The van der Waals surface area contributed by atoms with Gasteiger partial charge in [0.2, 0.25) is 10.0 Å². The predicted octanol–water partition coefficient (Wildman–Crippen LogP) is 2.79. The van der Waals surface area contributed by atoms with E-state index in [1.807, 2.05) is 0 Å². The minimum Gasteiger partial charge on any atom is -0.495 e. The molecule has 1 amide bonds. The Kier molecular flexibility index (Phi) is 6.59. The number of carbonyl (C=O) groups is 1. The van der Waals surface area contributed by atoms with Gasteiger partial charge in [-0.15, -0.1) is 0 Å². The van der Waals surface area contributed by atoms with Crippen LogP contribution in [0, 0.1) is 0 Å². The van der Waals surface area contributed by atoms with Crippen LogP contribution in [0.2, 0.25) is 0 Å². The summed E-state index contributed by atoms with van der Waals surface area (Å²) in [6.07, 6.45) is 6.70. The van der Waals surface area contributed by atoms with Gasteiger partial charge in [0, 0.05) is 25.7 Å². The number of aromatic nitrogens is 2. The molecule has 1 fully saturated rings. The molecule has 8 nitrogen and oxygen atoms in total. The first-order chi connectivity index (χ1) is 13.8. The van der Waals surface area contributed by atoms with Crippen molar-refractivity contribution >= 4 is 15.9 Å². The normalized spacial score (nSPS) is 15.9. The van der Waals surface area contributed by atoms with E-state index in [4.69, 9.17) is 4.74 Å². The summed E-state index contributed by atoms with van der Waals surface area (Å²) in [7, 11) is 0.662. The lowest BCUT2D eigenvalue weighted by Gasteiger charge is -2.15. The smallest absolute Gasteiger partial charge is 0.269 e. The topological polar surface area (TPSA) is 104 Å². The van der Waals surface area contributed by atoms with Gasteiger partial charge in [-0.2, -0.15) is 5.10 Å². The van der Waals surface area contributed by atoms with Crippen LogP contribution in [-0.2, 0) is 10.0 Å². The molecule has 3 rings (SSSR count). The SMILES string of the molecule is COc1ccc(-c2cc(C(=O)NC3CCCCCC3)[nH]n2)cc1S(=O)(=O)N(C)C. The third kappa shape index (κ3) is 4.79. The first-order valence-electron chi connectivity index (χ1n) is 9.80. The molecule has 9 heteroatoms. The van der Waals surface area contributed by atoms with Gasteiger partial charge < -0.3 is 10.1 Å². The lowest BCUT2D eigenvalue weighted by atomic mass is 10.1. The number of rotatable bonds is 6. The molecular formula is C20H28N4O4S. The van der Waals surface area contributed by atoms with Gasteiger partial charge in [-0.1, -0.05) is 25.7 Å². The van der Waals surface area contributed by atoms with E-state index >= 15 is 0 Å². The zero-order valence-electron chi connectivity index (χ0n) is 17.1. The zero-order valence-corrected chi connectivity index (χ0v) is 17.9. The van der Waals surface area contributed by atoms with Crippen molar-refractivity contribution in [2.45, 2.75) is 49.5 Å². The summed E-state index contributed by atoms with van der Waals surface area (Å²) in [6.45, 7) is 0. The van der Waals surface area contributed by atoms with Gasteiger partial charge in [0.05, 0.1) is 12.8 Å². The second-order valence-corrected chi connectivity index (χ2v) is 9.60. The van der Waals surface area contributed by atoms with E-state index in [0.717, 1.165) is 30.0 Å². The van der Waals surface area contributed by atoms with Crippen molar-refractivity contribution in [2.75, 3.05) is 21.2 Å². The van der Waals surface area contributed by atoms with Gasteiger partial charge in [-0.05, 0) is 37.1 Å². The van der Waals surface area contributed by atoms with Crippen LogP contribution in [0.15, 0.2) is 29.2 Å². The molecular weight excluding hydrogens is 392 g/mol. The molecule has 2 aromatic rings. The molecule has 0 unspecified atom stereocenters. The van der Waals surface area contributed by atoms with Crippen molar-refractivity contribution < 1.29 is 17.9 Å². The van der Waals surface area contributed by atoms with E-state index in [1.165, 1.54) is 40.1 Å². The molecule has 0 saturated heterocycles. The zero-order chi connectivity index (χ0) is 21.0. The summed E-state index contributed by atoms with van der Waals surface area (Å²) in [5.41, 5.74) is 1.43. The Morgan fingerprint density at radius 1 is 1.17 bits per heavy atom. The Labute approximate surface area is 171 Å². The second kappa shape index (κ2) is 8.96. The molecule has 1 aromatic heterocycles. The van der Waals surface area contributed by atoms with E-state index < -0.39 is 10.0 Å². The number of sulfonamides is 1. The van der Waals surface area contributed by atoms with Crippen LogP contribution in [0.25, 0.3) is 11.3 Å². The number of H-pyrrole nitrogens is 1. The van der Waals surface area contributed by atoms with Crippen LogP contribution < -0.4 is 10.1 Å². The Morgan fingerprint density at radius 2 is 1.86 bits per heavy atom. The van der Waals surface area contributed by atoms with Crippen LogP contribution >= 0.6 is 0 Å². The highest BCUT2D eigenvalue weighted by Gasteiger charge is 2.24. The standard InChI is InChI=1S/C20H28N4O4S/c1-24(2)29(26,27)19-12-14(10-11-18(19)28-3)16-13-17(23-22-16)20(25)21-15-8-6-4-5-7-9-15/h10-13,15H,4-9H2,1-3H3,(H,21,25)(H,22,23). The van der Waals surface area contributed by atoms with Gasteiger partial charge in [-0.25, -0.2) is 12.7 Å². The fourth-order valence-corrected chi connectivity index (χ4v) is 4.58. The highest BCUT2D eigenvalue weighted by molar-refractivity contribution is 7.89. The van der Waals surface area contributed by atoms with E-state index in [2.05, 4.69) is 15.5 Å². The minimum atomic E-state index is -3.69. The van der Waals surface area contributed by atoms with Crippen molar-refractivity contribution in [3.63, 3.8) is 0 Å². The molecule has 2 N–H and O–H groups in total. The summed E-state index contributed by atoms with van der Waals surface area (Å²) < 4.78 is 31.6. The number of nitrogens with zero attached hydrogens (tertiary/aromatic N) is 2. The third-order valence-electron chi connectivity index (χ3n) is 5.23. The first kappa shape index (κ1) is 21.3. The van der Waals surface area contributed by atoms with Crippen molar-refractivity contribution in [3.05, 3.63) is 30.0 Å². The average molecular weight is 421 g/mol. The molecule has 0 aliphatic heterocycles. The number of aromatic amines is 1. The van der Waals surface area contributed by atoms with Crippen molar-refractivity contribution in [2.24, 2.45) is 0 Å². The van der Waals surface area contributed by atoms with Crippen LogP contribution in [0.1, 0.15) is 49.0 Å². The fourth-order valence-electron chi connectivity index (χ4n) is 3.51. The summed E-state index contributed by atoms with van der Waals surface area (Å²) in [6, 6.07) is 6.65. The van der Waals surface area contributed by atoms with Gasteiger partial charge in [-0.3, -0.25) is 9.89 Å². The molecule has 1 aromatic carbocycles. The van der Waals surface area contributed by atoms with Gasteiger partial charge in [0.1, 0.15) is 16.3 Å². The molecule has 0 atom stereocenters. The molecule has 0 spiro atoms. The Hall–Kier alpha value is -2.39. The lowest BCUT2D eigenvalue weighted by molar-refractivity contribution is 0.0928. The molecule has 1 saturated carbocycles. The van der Waals surface area contributed by atoms with Crippen LogP contribution in [0.5, 0.6) is 5.75 Å². The summed E-state index contributed by atoms with van der Waals surface area (Å²) in [5.74, 6) is 0.0645. The van der Waals surface area contributed by atoms with E-state index in [-0.39, 0.29) is 22.6 Å². The first-order valence-corrected chi connectivity index (χ1v) is 11.2. The summed E-state index contributed by atoms with van der Waals surface area (Å²) in [4.78, 5) is 12.6. The Balaban J connectivity index is 1.83. The largest absolute Gasteiger partial charge is 0.495 e. The van der Waals surface area contributed by atoms with Crippen molar-refractivity contribution in [3.8, 4) is 17.0 Å². The van der Waals surface area contributed by atoms with Crippen LogP contribution in [0.4, 0.5) is 0 Å². The van der Waals surface area contributed by atoms with Crippen molar-refractivity contribution in [1.29, 1.82) is 0 Å². The summed E-state index contributed by atoms with van der Waals surface area (Å²) >= 11 is 0. The maximum absolute atomic E-state index is 12.6. The van der Waals surface area contributed by atoms with Gasteiger partial charge in [0.15, 0.2) is 0 Å². The van der Waals surface area contributed by atoms with Gasteiger partial charge >= 0.3 is 0 Å². The molecule has 158 valence electrons. The number of amides is 1. The molecule has 29 heavy (non-hydrogen) atoms.